The maximum absolute atomic E-state index is 12.5. The second-order valence-electron chi connectivity index (χ2n) is 8.18. The number of pyridine rings is 1. The fraction of sp³-hybridized carbons (Fsp3) is 0.450. The highest BCUT2D eigenvalue weighted by Crippen LogP contribution is 2.36. The minimum atomic E-state index is -1.96. The zero-order valence-electron chi connectivity index (χ0n) is 16.6. The molecule has 0 fully saturated rings. The van der Waals surface area contributed by atoms with Crippen LogP contribution in [0.25, 0.3) is 10.9 Å². The first-order valence-electron chi connectivity index (χ1n) is 9.04. The number of fused-ring (bicyclic) bond motifs is 1. The predicted molar refractivity (Wildman–Crippen MR) is 108 cm³/mol. The molecule has 0 saturated carbocycles. The van der Waals surface area contributed by atoms with Gasteiger partial charge in [0.15, 0.2) is 8.32 Å². The summed E-state index contributed by atoms with van der Waals surface area (Å²) in [4.78, 5) is 28.3. The van der Waals surface area contributed by atoms with Crippen LogP contribution < -0.4 is 5.32 Å². The highest BCUT2D eigenvalue weighted by molar-refractivity contribution is 6.74. The number of amides is 1. The van der Waals surface area contributed by atoms with Gasteiger partial charge >= 0.3 is 5.97 Å². The highest BCUT2D eigenvalue weighted by atomic mass is 28.4. The van der Waals surface area contributed by atoms with E-state index in [1.165, 1.54) is 6.20 Å². The number of aromatic nitrogens is 1. The lowest BCUT2D eigenvalue weighted by Gasteiger charge is -2.36. The van der Waals surface area contributed by atoms with Crippen LogP contribution in [-0.2, 0) is 9.22 Å². The normalized spacial score (nSPS) is 13.4. The van der Waals surface area contributed by atoms with E-state index in [1.807, 2.05) is 24.3 Å². The Hall–Kier alpha value is -2.25. The summed E-state index contributed by atoms with van der Waals surface area (Å²) < 4.78 is 6.03. The van der Waals surface area contributed by atoms with E-state index in [0.717, 1.165) is 10.9 Å². The van der Waals surface area contributed by atoms with Crippen molar-refractivity contribution in [3.8, 4) is 0 Å². The van der Waals surface area contributed by atoms with E-state index in [4.69, 9.17) is 4.43 Å². The van der Waals surface area contributed by atoms with Gasteiger partial charge in [0.05, 0.1) is 11.1 Å². The summed E-state index contributed by atoms with van der Waals surface area (Å²) in [5, 5.41) is 12.9. The van der Waals surface area contributed by atoms with Gasteiger partial charge in [-0.1, -0.05) is 39.0 Å². The van der Waals surface area contributed by atoms with Crippen molar-refractivity contribution in [2.24, 2.45) is 0 Å². The largest absolute Gasteiger partial charge is 0.480 e. The van der Waals surface area contributed by atoms with E-state index in [-0.39, 0.29) is 11.5 Å². The Balaban J connectivity index is 2.02. The van der Waals surface area contributed by atoms with E-state index in [9.17, 15) is 14.7 Å². The van der Waals surface area contributed by atoms with Gasteiger partial charge in [0.2, 0.25) is 0 Å². The summed E-state index contributed by atoms with van der Waals surface area (Å²) in [5.74, 6) is -1.52. The SMILES string of the molecule is CC(C)(C)[Si](C)(C)OCC[C@@H](NC(=O)c1cnc2ccccc2c1)C(=O)O. The van der Waals surface area contributed by atoms with Gasteiger partial charge in [-0.25, -0.2) is 4.79 Å². The van der Waals surface area contributed by atoms with E-state index >= 15 is 0 Å². The second-order valence-corrected chi connectivity index (χ2v) is 13.0. The predicted octanol–water partition coefficient (Wildman–Crippen LogP) is 3.83. The van der Waals surface area contributed by atoms with Gasteiger partial charge in [0.25, 0.3) is 5.91 Å². The highest BCUT2D eigenvalue weighted by Gasteiger charge is 2.37. The lowest BCUT2D eigenvalue weighted by atomic mass is 10.1. The Bertz CT molecular complexity index is 830. The van der Waals surface area contributed by atoms with Crippen LogP contribution in [0.4, 0.5) is 0 Å². The zero-order chi connectivity index (χ0) is 20.2. The third kappa shape index (κ3) is 5.37. The van der Waals surface area contributed by atoms with Crippen LogP contribution >= 0.6 is 0 Å². The molecule has 2 rings (SSSR count). The molecule has 7 heteroatoms. The van der Waals surface area contributed by atoms with Crippen LogP contribution in [0.2, 0.25) is 18.1 Å². The molecule has 1 heterocycles. The van der Waals surface area contributed by atoms with Crippen molar-refractivity contribution in [2.75, 3.05) is 6.61 Å². The number of aliphatic carboxylic acids is 1. The van der Waals surface area contributed by atoms with Crippen LogP contribution in [0, 0.1) is 0 Å². The van der Waals surface area contributed by atoms with Gasteiger partial charge in [-0.3, -0.25) is 9.78 Å². The molecule has 0 aliphatic heterocycles. The summed E-state index contributed by atoms with van der Waals surface area (Å²) in [6.07, 6.45) is 1.68. The molecule has 2 N–H and O–H groups in total. The van der Waals surface area contributed by atoms with Crippen molar-refractivity contribution in [1.82, 2.24) is 10.3 Å². The van der Waals surface area contributed by atoms with Gasteiger partial charge in [-0.15, -0.1) is 0 Å². The molecule has 1 aromatic carbocycles. The van der Waals surface area contributed by atoms with Gasteiger partial charge in [-0.05, 0) is 30.3 Å². The molecule has 6 nitrogen and oxygen atoms in total. The average Bonchev–Trinajstić information content (AvgIpc) is 2.59. The topological polar surface area (TPSA) is 88.5 Å². The number of carbonyl (C=O) groups is 2. The molecule has 0 saturated heterocycles. The number of nitrogens with zero attached hydrogens (tertiary/aromatic N) is 1. The Morgan fingerprint density at radius 1 is 1.26 bits per heavy atom. The van der Waals surface area contributed by atoms with Crippen LogP contribution in [-0.4, -0.2) is 42.9 Å². The Morgan fingerprint density at radius 3 is 2.56 bits per heavy atom. The molecule has 27 heavy (non-hydrogen) atoms. The molecule has 2 aromatic rings. The summed E-state index contributed by atoms with van der Waals surface area (Å²) in [6.45, 7) is 10.9. The number of carboxylic acids is 1. The second kappa shape index (κ2) is 8.18. The van der Waals surface area contributed by atoms with Crippen molar-refractivity contribution < 1.29 is 19.1 Å². The number of benzene rings is 1. The monoisotopic (exact) mass is 388 g/mol. The van der Waals surface area contributed by atoms with Crippen LogP contribution in [0.15, 0.2) is 36.5 Å². The fourth-order valence-corrected chi connectivity index (χ4v) is 3.40. The Morgan fingerprint density at radius 2 is 1.93 bits per heavy atom. The molecular weight excluding hydrogens is 360 g/mol. The van der Waals surface area contributed by atoms with Gasteiger partial charge in [-0.2, -0.15) is 0 Å². The molecular formula is C20H28N2O4Si. The van der Waals surface area contributed by atoms with Gasteiger partial charge in [0, 0.05) is 24.6 Å². The minimum absolute atomic E-state index is 0.0474. The average molecular weight is 389 g/mol. The van der Waals surface area contributed by atoms with Crippen LogP contribution in [0.3, 0.4) is 0 Å². The Labute approximate surface area is 161 Å². The Kier molecular flexibility index (Phi) is 6.38. The quantitative estimate of drug-likeness (QED) is 0.704. The number of hydrogen-bond acceptors (Lipinski definition) is 4. The molecule has 0 radical (unpaired) electrons. The lowest BCUT2D eigenvalue weighted by Crippen LogP contribution is -2.44. The van der Waals surface area contributed by atoms with Crippen molar-refractivity contribution in [3.05, 3.63) is 42.1 Å². The third-order valence-electron chi connectivity index (χ3n) is 5.13. The zero-order valence-corrected chi connectivity index (χ0v) is 17.6. The van der Waals surface area contributed by atoms with E-state index in [2.05, 4.69) is 44.2 Å². The molecule has 0 bridgehead atoms. The van der Waals surface area contributed by atoms with Crippen LogP contribution in [0.5, 0.6) is 0 Å². The summed E-state index contributed by atoms with van der Waals surface area (Å²) in [7, 11) is -1.96. The molecule has 0 spiro atoms. The third-order valence-corrected chi connectivity index (χ3v) is 9.67. The smallest absolute Gasteiger partial charge is 0.326 e. The molecule has 1 amide bonds. The number of carboxylic acid groups (broad SMARTS) is 1. The van der Waals surface area contributed by atoms with Crippen LogP contribution in [0.1, 0.15) is 37.6 Å². The molecule has 0 unspecified atom stereocenters. The summed E-state index contributed by atoms with van der Waals surface area (Å²) >= 11 is 0. The van der Waals surface area contributed by atoms with Crippen molar-refractivity contribution in [2.45, 2.75) is 51.4 Å². The van der Waals surface area contributed by atoms with E-state index in [0.29, 0.717) is 12.2 Å². The number of rotatable bonds is 7. The maximum atomic E-state index is 12.5. The van der Waals surface area contributed by atoms with Gasteiger partial charge < -0.3 is 14.8 Å². The maximum Gasteiger partial charge on any atom is 0.326 e. The first-order chi connectivity index (χ1) is 12.5. The van der Waals surface area contributed by atoms with Gasteiger partial charge in [0.1, 0.15) is 6.04 Å². The first kappa shape index (κ1) is 21.1. The lowest BCUT2D eigenvalue weighted by molar-refractivity contribution is -0.139. The number of hydrogen-bond donors (Lipinski definition) is 2. The summed E-state index contributed by atoms with van der Waals surface area (Å²) in [6, 6.07) is 8.16. The molecule has 1 atom stereocenters. The molecule has 146 valence electrons. The number of nitrogens with one attached hydrogen (secondary N) is 1. The number of carbonyl (C=O) groups excluding carboxylic acids is 1. The molecule has 0 aliphatic carbocycles. The molecule has 0 aliphatic rings. The van der Waals surface area contributed by atoms with Crippen molar-refractivity contribution in [1.29, 1.82) is 0 Å². The van der Waals surface area contributed by atoms with Crippen molar-refractivity contribution in [3.63, 3.8) is 0 Å². The fourth-order valence-electron chi connectivity index (χ4n) is 2.34. The standard InChI is InChI=1S/C20H28N2O4Si/c1-20(2,3)27(4,5)26-11-10-17(19(24)25)22-18(23)15-12-14-8-6-7-9-16(14)21-13-15/h6-9,12-13,17H,10-11H2,1-5H3,(H,22,23)(H,24,25)/t17-/m1/s1. The first-order valence-corrected chi connectivity index (χ1v) is 11.9. The molecule has 1 aromatic heterocycles. The van der Waals surface area contributed by atoms with Crippen molar-refractivity contribution >= 4 is 31.1 Å². The van der Waals surface area contributed by atoms with E-state index < -0.39 is 26.2 Å². The minimum Gasteiger partial charge on any atom is -0.480 e. The summed E-state index contributed by atoms with van der Waals surface area (Å²) in [5.41, 5.74) is 1.12. The van der Waals surface area contributed by atoms with E-state index in [1.54, 1.807) is 6.07 Å². The number of para-hydroxylation sites is 1.